The van der Waals surface area contributed by atoms with Gasteiger partial charge in [-0.3, -0.25) is 9.59 Å². The van der Waals surface area contributed by atoms with Crippen LogP contribution in [0.1, 0.15) is 6.42 Å². The van der Waals surface area contributed by atoms with Crippen molar-refractivity contribution in [2.75, 3.05) is 38.1 Å². The van der Waals surface area contributed by atoms with Gasteiger partial charge in [0.05, 0.1) is 32.9 Å². The van der Waals surface area contributed by atoms with E-state index in [4.69, 9.17) is 25.8 Å². The number of nitrogens with zero attached hydrogens (tertiary/aromatic N) is 1. The first-order chi connectivity index (χ1) is 13.5. The number of hydrogen-bond acceptors (Lipinski definition) is 5. The van der Waals surface area contributed by atoms with Crippen LogP contribution in [0, 0.1) is 5.92 Å². The Labute approximate surface area is 168 Å². The Morgan fingerprint density at radius 2 is 1.71 bits per heavy atom. The number of anilines is 2. The summed E-state index contributed by atoms with van der Waals surface area (Å²) in [6.07, 6.45) is 0.114. The predicted molar refractivity (Wildman–Crippen MR) is 107 cm³/mol. The first-order valence-corrected chi connectivity index (χ1v) is 9.01. The number of rotatable bonds is 6. The van der Waals surface area contributed by atoms with Gasteiger partial charge in [0, 0.05) is 29.7 Å². The average molecular weight is 405 g/mol. The first-order valence-electron chi connectivity index (χ1n) is 8.63. The maximum atomic E-state index is 12.7. The molecule has 3 rings (SSSR count). The molecular formula is C20H21ClN2O5. The monoisotopic (exact) mass is 404 g/mol. The molecule has 1 N–H and O–H groups in total. The fraction of sp³-hybridized carbons (Fsp3) is 0.300. The lowest BCUT2D eigenvalue weighted by Gasteiger charge is -2.19. The summed E-state index contributed by atoms with van der Waals surface area (Å²) < 4.78 is 15.8. The van der Waals surface area contributed by atoms with Gasteiger partial charge in [-0.1, -0.05) is 11.6 Å². The van der Waals surface area contributed by atoms with Gasteiger partial charge in [0.15, 0.2) is 11.5 Å². The largest absolute Gasteiger partial charge is 0.495 e. The van der Waals surface area contributed by atoms with Gasteiger partial charge >= 0.3 is 0 Å². The quantitative estimate of drug-likeness (QED) is 0.798. The number of ether oxygens (including phenoxy) is 3. The standard InChI is InChI=1S/C20H21ClN2O5/c1-26-16-6-4-13(21)9-15(16)22-20(25)12-8-19(24)23(11-12)14-5-7-17(27-2)18(10-14)28-3/h4-7,9-10,12H,8,11H2,1-3H3,(H,22,25). The van der Waals surface area contributed by atoms with Crippen LogP contribution in [-0.4, -0.2) is 39.7 Å². The molecule has 0 saturated carbocycles. The lowest BCUT2D eigenvalue weighted by molar-refractivity contribution is -0.122. The Kier molecular flexibility index (Phi) is 5.94. The Balaban J connectivity index is 1.76. The van der Waals surface area contributed by atoms with Crippen LogP contribution in [0.15, 0.2) is 36.4 Å². The van der Waals surface area contributed by atoms with Crippen molar-refractivity contribution in [1.82, 2.24) is 0 Å². The van der Waals surface area contributed by atoms with Gasteiger partial charge in [0.25, 0.3) is 0 Å². The first kappa shape index (κ1) is 19.8. The third-order valence-corrected chi connectivity index (χ3v) is 4.83. The molecular weight excluding hydrogens is 384 g/mol. The third-order valence-electron chi connectivity index (χ3n) is 4.59. The minimum Gasteiger partial charge on any atom is -0.495 e. The van der Waals surface area contributed by atoms with Crippen LogP contribution in [0.4, 0.5) is 11.4 Å². The third kappa shape index (κ3) is 3.99. The van der Waals surface area contributed by atoms with Crippen molar-refractivity contribution >= 4 is 34.8 Å². The second-order valence-electron chi connectivity index (χ2n) is 6.28. The molecule has 1 heterocycles. The van der Waals surface area contributed by atoms with Gasteiger partial charge < -0.3 is 24.4 Å². The average Bonchev–Trinajstić information content (AvgIpc) is 3.09. The molecule has 1 atom stereocenters. The molecule has 1 aliphatic heterocycles. The van der Waals surface area contributed by atoms with Crippen LogP contribution >= 0.6 is 11.6 Å². The number of methoxy groups -OCH3 is 3. The molecule has 2 aromatic rings. The van der Waals surface area contributed by atoms with Gasteiger partial charge in [-0.15, -0.1) is 0 Å². The molecule has 2 amide bonds. The molecule has 0 radical (unpaired) electrons. The summed E-state index contributed by atoms with van der Waals surface area (Å²) >= 11 is 6.01. The number of hydrogen-bond donors (Lipinski definition) is 1. The molecule has 0 bridgehead atoms. The summed E-state index contributed by atoms with van der Waals surface area (Å²) in [5.41, 5.74) is 1.12. The summed E-state index contributed by atoms with van der Waals surface area (Å²) in [6.45, 7) is 0.267. The summed E-state index contributed by atoms with van der Waals surface area (Å²) in [6, 6.07) is 10.2. The minimum atomic E-state index is -0.496. The summed E-state index contributed by atoms with van der Waals surface area (Å²) in [5.74, 6) is 0.690. The van der Waals surface area contributed by atoms with Crippen molar-refractivity contribution in [1.29, 1.82) is 0 Å². The van der Waals surface area contributed by atoms with Crippen molar-refractivity contribution < 1.29 is 23.8 Å². The summed E-state index contributed by atoms with van der Waals surface area (Å²) in [5, 5.41) is 3.28. The molecule has 1 fully saturated rings. The van der Waals surface area contributed by atoms with Crippen molar-refractivity contribution in [3.63, 3.8) is 0 Å². The Morgan fingerprint density at radius 1 is 1.04 bits per heavy atom. The highest BCUT2D eigenvalue weighted by atomic mass is 35.5. The molecule has 0 spiro atoms. The van der Waals surface area contributed by atoms with Crippen LogP contribution in [-0.2, 0) is 9.59 Å². The van der Waals surface area contributed by atoms with Crippen molar-refractivity contribution in [2.24, 2.45) is 5.92 Å². The zero-order valence-electron chi connectivity index (χ0n) is 15.8. The van der Waals surface area contributed by atoms with Gasteiger partial charge in [0.1, 0.15) is 5.75 Å². The van der Waals surface area contributed by atoms with E-state index in [9.17, 15) is 9.59 Å². The summed E-state index contributed by atoms with van der Waals surface area (Å²) in [7, 11) is 4.59. The lowest BCUT2D eigenvalue weighted by atomic mass is 10.1. The topological polar surface area (TPSA) is 77.1 Å². The Bertz CT molecular complexity index is 902. The van der Waals surface area contributed by atoms with Crippen molar-refractivity contribution in [3.05, 3.63) is 41.4 Å². The second-order valence-corrected chi connectivity index (χ2v) is 6.71. The minimum absolute atomic E-state index is 0.114. The van der Waals surface area contributed by atoms with Crippen LogP contribution in [0.25, 0.3) is 0 Å². The van der Waals surface area contributed by atoms with Gasteiger partial charge in [-0.05, 0) is 30.3 Å². The van der Waals surface area contributed by atoms with Crippen LogP contribution < -0.4 is 24.4 Å². The highest BCUT2D eigenvalue weighted by Crippen LogP contribution is 2.35. The number of amides is 2. The number of halogens is 1. The van der Waals surface area contributed by atoms with E-state index >= 15 is 0 Å². The van der Waals surface area contributed by atoms with E-state index < -0.39 is 5.92 Å². The Hall–Kier alpha value is -2.93. The maximum Gasteiger partial charge on any atom is 0.229 e. The molecule has 1 aliphatic rings. The van der Waals surface area contributed by atoms with E-state index in [0.717, 1.165) is 0 Å². The molecule has 8 heteroatoms. The van der Waals surface area contributed by atoms with E-state index in [1.54, 1.807) is 48.4 Å². The van der Waals surface area contributed by atoms with Crippen molar-refractivity contribution in [2.45, 2.75) is 6.42 Å². The molecule has 1 saturated heterocycles. The normalized spacial score (nSPS) is 16.1. The highest BCUT2D eigenvalue weighted by molar-refractivity contribution is 6.31. The number of benzene rings is 2. The molecule has 1 unspecified atom stereocenters. The highest BCUT2D eigenvalue weighted by Gasteiger charge is 2.35. The number of carbonyl (C=O) groups excluding carboxylic acids is 2. The Morgan fingerprint density at radius 3 is 2.39 bits per heavy atom. The SMILES string of the molecule is COc1ccc(Cl)cc1NC(=O)C1CC(=O)N(c2ccc(OC)c(OC)c2)C1. The van der Waals surface area contributed by atoms with Gasteiger partial charge in [-0.25, -0.2) is 0 Å². The second kappa shape index (κ2) is 8.39. The van der Waals surface area contributed by atoms with Gasteiger partial charge in [-0.2, -0.15) is 0 Å². The fourth-order valence-corrected chi connectivity index (χ4v) is 3.31. The molecule has 2 aromatic carbocycles. The number of carbonyl (C=O) groups is 2. The smallest absolute Gasteiger partial charge is 0.229 e. The molecule has 28 heavy (non-hydrogen) atoms. The summed E-state index contributed by atoms with van der Waals surface area (Å²) in [4.78, 5) is 26.8. The fourth-order valence-electron chi connectivity index (χ4n) is 3.14. The van der Waals surface area contributed by atoms with Crippen LogP contribution in [0.2, 0.25) is 5.02 Å². The zero-order valence-corrected chi connectivity index (χ0v) is 16.6. The van der Waals surface area contributed by atoms with E-state index in [-0.39, 0.29) is 24.8 Å². The van der Waals surface area contributed by atoms with E-state index in [1.165, 1.54) is 14.2 Å². The molecule has 148 valence electrons. The van der Waals surface area contributed by atoms with Gasteiger partial charge in [0.2, 0.25) is 11.8 Å². The molecule has 7 nitrogen and oxygen atoms in total. The molecule has 0 aromatic heterocycles. The van der Waals surface area contributed by atoms with Crippen LogP contribution in [0.5, 0.6) is 17.2 Å². The lowest BCUT2D eigenvalue weighted by Crippen LogP contribution is -2.28. The predicted octanol–water partition coefficient (Wildman–Crippen LogP) is 3.36. The van der Waals surface area contributed by atoms with Crippen LogP contribution in [0.3, 0.4) is 0 Å². The number of nitrogens with one attached hydrogen (secondary N) is 1. The maximum absolute atomic E-state index is 12.7. The van der Waals surface area contributed by atoms with E-state index in [0.29, 0.717) is 33.6 Å². The van der Waals surface area contributed by atoms with E-state index in [1.807, 2.05) is 0 Å². The molecule has 0 aliphatic carbocycles. The van der Waals surface area contributed by atoms with E-state index in [2.05, 4.69) is 5.32 Å². The van der Waals surface area contributed by atoms with Crippen molar-refractivity contribution in [3.8, 4) is 17.2 Å². The zero-order chi connectivity index (χ0) is 20.3.